The van der Waals surface area contributed by atoms with Crippen molar-refractivity contribution in [2.24, 2.45) is 0 Å². The van der Waals surface area contributed by atoms with Gasteiger partial charge >= 0.3 is 5.97 Å². The van der Waals surface area contributed by atoms with Gasteiger partial charge in [-0.25, -0.2) is 4.68 Å². The van der Waals surface area contributed by atoms with Crippen molar-refractivity contribution in [3.63, 3.8) is 0 Å². The van der Waals surface area contributed by atoms with Crippen LogP contribution in [-0.2, 0) is 11.3 Å². The highest BCUT2D eigenvalue weighted by molar-refractivity contribution is 6.03. The van der Waals surface area contributed by atoms with E-state index in [1.807, 2.05) is 19.9 Å². The van der Waals surface area contributed by atoms with Crippen molar-refractivity contribution in [1.82, 2.24) is 9.78 Å². The van der Waals surface area contributed by atoms with Crippen LogP contribution in [0.25, 0.3) is 0 Å². The predicted molar refractivity (Wildman–Crippen MR) is 107 cm³/mol. The number of aryl methyl sites for hydroxylation is 2. The normalized spacial score (nSPS) is 10.5. The number of aromatic nitrogens is 2. The smallest absolute Gasteiger partial charge is 0.325 e. The third-order valence-corrected chi connectivity index (χ3v) is 4.03. The maximum atomic E-state index is 12.5. The molecule has 3 rings (SSSR count). The van der Waals surface area contributed by atoms with Gasteiger partial charge in [0.15, 0.2) is 0 Å². The molecule has 0 aliphatic rings. The van der Waals surface area contributed by atoms with E-state index < -0.39 is 23.3 Å². The minimum absolute atomic E-state index is 0.000633. The molecule has 10 heteroatoms. The fourth-order valence-electron chi connectivity index (χ4n) is 2.92. The molecule has 10 nitrogen and oxygen atoms in total. The number of carbonyl (C=O) groups excluding carboxylic acids is 1. The molecule has 0 bridgehead atoms. The molecule has 2 aromatic carbocycles. The van der Waals surface area contributed by atoms with Gasteiger partial charge < -0.3 is 15.2 Å². The molecular weight excluding hydrogens is 392 g/mol. The molecular formula is C20H18N4O6. The quantitative estimate of drug-likeness (QED) is 0.449. The van der Waals surface area contributed by atoms with E-state index in [0.29, 0.717) is 5.75 Å². The Morgan fingerprint density at radius 1 is 1.13 bits per heavy atom. The minimum atomic E-state index is -1.16. The van der Waals surface area contributed by atoms with Crippen molar-refractivity contribution in [3.8, 4) is 11.5 Å². The Labute approximate surface area is 170 Å². The summed E-state index contributed by atoms with van der Waals surface area (Å²) in [6.07, 6.45) is 1.29. The van der Waals surface area contributed by atoms with Crippen LogP contribution < -0.4 is 10.1 Å². The van der Waals surface area contributed by atoms with Gasteiger partial charge in [-0.2, -0.15) is 5.10 Å². The number of carboxylic acid groups (broad SMARTS) is 1. The van der Waals surface area contributed by atoms with Gasteiger partial charge in [-0.15, -0.1) is 0 Å². The summed E-state index contributed by atoms with van der Waals surface area (Å²) in [6, 6.07) is 10.8. The Bertz CT molecular complexity index is 1120. The van der Waals surface area contributed by atoms with E-state index in [1.54, 1.807) is 12.1 Å². The lowest BCUT2D eigenvalue weighted by Crippen LogP contribution is -2.20. The second-order valence-electron chi connectivity index (χ2n) is 6.62. The standard InChI is InChI=1S/C20H18N4O6/c1-12-5-13(2)7-16(6-12)30-17-9-14(8-15(10-17)24(28)29)22-20(27)18-3-4-21-23(18)11-19(25)26/h3-10H,11H2,1-2H3,(H,22,27)(H,25,26). The van der Waals surface area contributed by atoms with Gasteiger partial charge in [0.25, 0.3) is 11.6 Å². The van der Waals surface area contributed by atoms with Crippen LogP contribution in [0.2, 0.25) is 0 Å². The zero-order chi connectivity index (χ0) is 21.8. The minimum Gasteiger partial charge on any atom is -0.480 e. The first-order valence-corrected chi connectivity index (χ1v) is 8.82. The molecule has 0 atom stereocenters. The van der Waals surface area contributed by atoms with E-state index in [9.17, 15) is 19.7 Å². The number of hydrogen-bond donors (Lipinski definition) is 2. The number of carbonyl (C=O) groups is 2. The Balaban J connectivity index is 1.89. The number of carboxylic acids is 1. The van der Waals surface area contributed by atoms with E-state index in [0.717, 1.165) is 15.8 Å². The first-order valence-electron chi connectivity index (χ1n) is 8.82. The summed E-state index contributed by atoms with van der Waals surface area (Å²) < 4.78 is 6.78. The number of nitrogens with zero attached hydrogens (tertiary/aromatic N) is 3. The van der Waals surface area contributed by atoms with Crippen molar-refractivity contribution in [2.45, 2.75) is 20.4 Å². The SMILES string of the molecule is Cc1cc(C)cc(Oc2cc(NC(=O)c3ccnn3CC(=O)O)cc([N+](=O)[O-])c2)c1. The summed E-state index contributed by atoms with van der Waals surface area (Å²) in [5, 5.41) is 26.5. The molecule has 0 spiro atoms. The number of benzene rings is 2. The number of amides is 1. The van der Waals surface area contributed by atoms with Crippen LogP contribution in [0.4, 0.5) is 11.4 Å². The molecule has 3 aromatic rings. The Hall–Kier alpha value is -4.21. The maximum absolute atomic E-state index is 12.5. The number of nitro benzene ring substituents is 1. The molecule has 154 valence electrons. The lowest BCUT2D eigenvalue weighted by Gasteiger charge is -2.11. The summed E-state index contributed by atoms with van der Waals surface area (Å²) in [5.41, 5.74) is 1.79. The number of nitro groups is 1. The lowest BCUT2D eigenvalue weighted by molar-refractivity contribution is -0.384. The number of hydrogen-bond acceptors (Lipinski definition) is 6. The van der Waals surface area contributed by atoms with Gasteiger partial charge in [0.2, 0.25) is 0 Å². The molecule has 0 aliphatic carbocycles. The largest absolute Gasteiger partial charge is 0.480 e. The molecule has 1 heterocycles. The summed E-state index contributed by atoms with van der Waals surface area (Å²) >= 11 is 0. The maximum Gasteiger partial charge on any atom is 0.325 e. The van der Waals surface area contributed by atoms with Gasteiger partial charge in [0, 0.05) is 18.3 Å². The van der Waals surface area contributed by atoms with Gasteiger partial charge in [-0.1, -0.05) is 6.07 Å². The average molecular weight is 410 g/mol. The number of aliphatic carboxylic acids is 1. The molecule has 0 saturated carbocycles. The van der Waals surface area contributed by atoms with E-state index in [4.69, 9.17) is 9.84 Å². The second kappa shape index (κ2) is 8.43. The summed E-state index contributed by atoms with van der Waals surface area (Å²) in [5.74, 6) is -1.15. The van der Waals surface area contributed by atoms with Gasteiger partial charge in [-0.3, -0.25) is 19.7 Å². The van der Waals surface area contributed by atoms with Crippen LogP contribution in [0.3, 0.4) is 0 Å². The molecule has 30 heavy (non-hydrogen) atoms. The highest BCUT2D eigenvalue weighted by Gasteiger charge is 2.17. The topological polar surface area (TPSA) is 137 Å². The van der Waals surface area contributed by atoms with Crippen LogP contribution in [0.1, 0.15) is 21.6 Å². The highest BCUT2D eigenvalue weighted by Crippen LogP contribution is 2.30. The second-order valence-corrected chi connectivity index (χ2v) is 6.62. The molecule has 0 saturated heterocycles. The fourth-order valence-corrected chi connectivity index (χ4v) is 2.92. The van der Waals surface area contributed by atoms with Crippen LogP contribution in [0, 0.1) is 24.0 Å². The number of ether oxygens (including phenoxy) is 1. The van der Waals surface area contributed by atoms with Gasteiger partial charge in [0.05, 0.1) is 16.7 Å². The molecule has 2 N–H and O–H groups in total. The van der Waals surface area contributed by atoms with Crippen LogP contribution in [0.15, 0.2) is 48.7 Å². The van der Waals surface area contributed by atoms with Crippen LogP contribution in [0.5, 0.6) is 11.5 Å². The van der Waals surface area contributed by atoms with E-state index in [2.05, 4.69) is 10.4 Å². The molecule has 0 unspecified atom stereocenters. The van der Waals surface area contributed by atoms with Crippen LogP contribution in [-0.4, -0.2) is 31.7 Å². The van der Waals surface area contributed by atoms with Gasteiger partial charge in [0.1, 0.15) is 23.7 Å². The summed E-state index contributed by atoms with van der Waals surface area (Å²) in [4.78, 5) is 34.2. The average Bonchev–Trinajstić information content (AvgIpc) is 3.08. The number of nitrogens with one attached hydrogen (secondary N) is 1. The van der Waals surface area contributed by atoms with Crippen molar-refractivity contribution < 1.29 is 24.4 Å². The third-order valence-electron chi connectivity index (χ3n) is 4.03. The number of non-ortho nitro benzene ring substituents is 1. The zero-order valence-electron chi connectivity index (χ0n) is 16.2. The Morgan fingerprint density at radius 3 is 2.43 bits per heavy atom. The van der Waals surface area contributed by atoms with Crippen molar-refractivity contribution in [3.05, 3.63) is 75.6 Å². The Kier molecular flexibility index (Phi) is 5.77. The van der Waals surface area contributed by atoms with Crippen molar-refractivity contribution in [2.75, 3.05) is 5.32 Å². The lowest BCUT2D eigenvalue weighted by atomic mass is 10.1. The number of rotatable bonds is 7. The Morgan fingerprint density at radius 2 is 1.80 bits per heavy atom. The van der Waals surface area contributed by atoms with Crippen LogP contribution >= 0.6 is 0 Å². The molecule has 0 fully saturated rings. The van der Waals surface area contributed by atoms with Crippen molar-refractivity contribution in [1.29, 1.82) is 0 Å². The van der Waals surface area contributed by atoms with E-state index >= 15 is 0 Å². The molecule has 0 radical (unpaired) electrons. The van der Waals surface area contributed by atoms with Crippen molar-refractivity contribution >= 4 is 23.3 Å². The summed E-state index contributed by atoms with van der Waals surface area (Å²) in [6.45, 7) is 3.31. The molecule has 1 amide bonds. The van der Waals surface area contributed by atoms with E-state index in [-0.39, 0.29) is 22.8 Å². The zero-order valence-corrected chi connectivity index (χ0v) is 16.2. The number of anilines is 1. The predicted octanol–water partition coefficient (Wildman–Crippen LogP) is 3.54. The first-order chi connectivity index (χ1) is 14.2. The molecule has 1 aromatic heterocycles. The monoisotopic (exact) mass is 410 g/mol. The molecule has 0 aliphatic heterocycles. The third kappa shape index (κ3) is 4.98. The highest BCUT2D eigenvalue weighted by atomic mass is 16.6. The van der Waals surface area contributed by atoms with E-state index in [1.165, 1.54) is 30.5 Å². The van der Waals surface area contributed by atoms with Gasteiger partial charge in [-0.05, 0) is 43.2 Å². The summed E-state index contributed by atoms with van der Waals surface area (Å²) in [7, 11) is 0. The fraction of sp³-hybridized carbons (Fsp3) is 0.150. The first kappa shape index (κ1) is 20.5.